The Balaban J connectivity index is 2.21. The Bertz CT molecular complexity index is 558. The summed E-state index contributed by atoms with van der Waals surface area (Å²) in [4.78, 5) is 18.9. The van der Waals surface area contributed by atoms with Crippen LogP contribution in [0.1, 0.15) is 16.1 Å². The van der Waals surface area contributed by atoms with Crippen LogP contribution in [0.15, 0.2) is 36.8 Å². The minimum Gasteiger partial charge on any atom is -0.484 e. The maximum atomic E-state index is 11.0. The number of benzene rings is 1. The highest BCUT2D eigenvalue weighted by Gasteiger charge is 2.14. The van der Waals surface area contributed by atoms with Gasteiger partial charge in [-0.05, 0) is 12.1 Å². The van der Waals surface area contributed by atoms with Gasteiger partial charge in [0, 0.05) is 12.4 Å². The number of carbonyl (C=O) groups is 1. The van der Waals surface area contributed by atoms with Crippen molar-refractivity contribution in [1.29, 1.82) is 0 Å². The highest BCUT2D eigenvalue weighted by Crippen LogP contribution is 2.26. The maximum absolute atomic E-state index is 11.0. The number of nitrogens with zero attached hydrogens (tertiary/aromatic N) is 2. The van der Waals surface area contributed by atoms with Crippen molar-refractivity contribution in [2.24, 2.45) is 0 Å². The Morgan fingerprint density at radius 3 is 2.89 bits per heavy atom. The highest BCUT2D eigenvalue weighted by molar-refractivity contribution is 5.93. The molecular weight excluding hydrogens is 234 g/mol. The summed E-state index contributed by atoms with van der Waals surface area (Å²) in [6, 6.07) is 4.58. The quantitative estimate of drug-likeness (QED) is 0.788. The average molecular weight is 245 g/mol. The first-order chi connectivity index (χ1) is 8.68. The third kappa shape index (κ3) is 2.54. The zero-order chi connectivity index (χ0) is 13.0. The van der Waals surface area contributed by atoms with Gasteiger partial charge in [0.05, 0.1) is 17.6 Å². The first-order valence-corrected chi connectivity index (χ1v) is 5.18. The van der Waals surface area contributed by atoms with Crippen LogP contribution < -0.4 is 10.5 Å². The molecule has 92 valence electrons. The lowest BCUT2D eigenvalue weighted by Crippen LogP contribution is -2.06. The van der Waals surface area contributed by atoms with Crippen molar-refractivity contribution < 1.29 is 14.6 Å². The average Bonchev–Trinajstić information content (AvgIpc) is 2.38. The molecule has 0 amide bonds. The van der Waals surface area contributed by atoms with Gasteiger partial charge in [-0.15, -0.1) is 0 Å². The van der Waals surface area contributed by atoms with E-state index >= 15 is 0 Å². The number of nitrogen functional groups attached to an aromatic ring is 1. The summed E-state index contributed by atoms with van der Waals surface area (Å²) in [5, 5.41) is 9.02. The van der Waals surface area contributed by atoms with Crippen LogP contribution in [0.5, 0.6) is 5.75 Å². The number of anilines is 1. The van der Waals surface area contributed by atoms with Gasteiger partial charge >= 0.3 is 5.97 Å². The predicted octanol–water partition coefficient (Wildman–Crippen LogP) is 1.34. The van der Waals surface area contributed by atoms with Crippen LogP contribution in [-0.2, 0) is 6.61 Å². The van der Waals surface area contributed by atoms with Crippen LogP contribution in [0, 0.1) is 0 Å². The minimum atomic E-state index is -1.09. The van der Waals surface area contributed by atoms with Gasteiger partial charge in [-0.1, -0.05) is 6.07 Å². The lowest BCUT2D eigenvalue weighted by Gasteiger charge is -2.10. The molecule has 6 heteroatoms. The van der Waals surface area contributed by atoms with E-state index in [1.54, 1.807) is 24.5 Å². The molecule has 0 aliphatic heterocycles. The summed E-state index contributed by atoms with van der Waals surface area (Å²) in [6.45, 7) is 0.113. The summed E-state index contributed by atoms with van der Waals surface area (Å²) in [6.07, 6.45) is 4.62. The van der Waals surface area contributed by atoms with Crippen LogP contribution in [0.4, 0.5) is 5.69 Å². The number of ether oxygens (including phenoxy) is 1. The van der Waals surface area contributed by atoms with Gasteiger partial charge in [0.2, 0.25) is 0 Å². The highest BCUT2D eigenvalue weighted by atomic mass is 16.5. The lowest BCUT2D eigenvalue weighted by atomic mass is 10.2. The molecule has 0 fully saturated rings. The fourth-order valence-electron chi connectivity index (χ4n) is 1.43. The number of hydrogen-bond donors (Lipinski definition) is 2. The van der Waals surface area contributed by atoms with Crippen LogP contribution in [0.2, 0.25) is 0 Å². The smallest absolute Gasteiger partial charge is 0.339 e. The molecule has 0 saturated carbocycles. The molecule has 6 nitrogen and oxygen atoms in total. The number of hydrogen-bond acceptors (Lipinski definition) is 5. The topological polar surface area (TPSA) is 98.3 Å². The first-order valence-electron chi connectivity index (χ1n) is 5.18. The van der Waals surface area contributed by atoms with Gasteiger partial charge in [0.25, 0.3) is 0 Å². The van der Waals surface area contributed by atoms with Crippen molar-refractivity contribution in [3.05, 3.63) is 48.0 Å². The van der Waals surface area contributed by atoms with Gasteiger partial charge in [0.1, 0.15) is 12.2 Å². The molecule has 0 spiro atoms. The van der Waals surface area contributed by atoms with Crippen LogP contribution >= 0.6 is 0 Å². The molecule has 3 N–H and O–H groups in total. The molecule has 0 bridgehead atoms. The van der Waals surface area contributed by atoms with E-state index in [-0.39, 0.29) is 23.6 Å². The molecule has 2 aromatic rings. The Hall–Kier alpha value is -2.63. The zero-order valence-corrected chi connectivity index (χ0v) is 9.41. The van der Waals surface area contributed by atoms with E-state index in [4.69, 9.17) is 15.6 Å². The van der Waals surface area contributed by atoms with E-state index in [9.17, 15) is 4.79 Å². The molecule has 0 atom stereocenters. The first kappa shape index (κ1) is 11.8. The molecule has 1 aromatic heterocycles. The van der Waals surface area contributed by atoms with Gasteiger partial charge in [-0.25, -0.2) is 4.79 Å². The van der Waals surface area contributed by atoms with Gasteiger partial charge < -0.3 is 15.6 Å². The van der Waals surface area contributed by atoms with Gasteiger partial charge in [-0.2, -0.15) is 0 Å². The minimum absolute atomic E-state index is 0.0268. The number of rotatable bonds is 4. The van der Waals surface area contributed by atoms with E-state index in [1.807, 2.05) is 0 Å². The van der Waals surface area contributed by atoms with Gasteiger partial charge in [0.15, 0.2) is 5.75 Å². The predicted molar refractivity (Wildman–Crippen MR) is 64.2 cm³/mol. The van der Waals surface area contributed by atoms with Crippen molar-refractivity contribution in [1.82, 2.24) is 9.97 Å². The monoisotopic (exact) mass is 245 g/mol. The van der Waals surface area contributed by atoms with E-state index in [1.165, 1.54) is 12.3 Å². The van der Waals surface area contributed by atoms with E-state index in [2.05, 4.69) is 9.97 Å². The molecule has 0 unspecified atom stereocenters. The fourth-order valence-corrected chi connectivity index (χ4v) is 1.43. The van der Waals surface area contributed by atoms with E-state index in [0.29, 0.717) is 5.69 Å². The second-order valence-corrected chi connectivity index (χ2v) is 3.51. The lowest BCUT2D eigenvalue weighted by molar-refractivity contribution is 0.0692. The van der Waals surface area contributed by atoms with Crippen LogP contribution in [0.3, 0.4) is 0 Å². The number of carboxylic acids is 1. The molecule has 0 saturated heterocycles. The largest absolute Gasteiger partial charge is 0.484 e. The summed E-state index contributed by atoms with van der Waals surface area (Å²) in [5.41, 5.74) is 6.60. The third-order valence-corrected chi connectivity index (χ3v) is 2.26. The zero-order valence-electron chi connectivity index (χ0n) is 9.41. The van der Waals surface area contributed by atoms with Crippen LogP contribution in [-0.4, -0.2) is 21.0 Å². The number of carboxylic acid groups (broad SMARTS) is 1. The van der Waals surface area contributed by atoms with Crippen molar-refractivity contribution >= 4 is 11.7 Å². The third-order valence-electron chi connectivity index (χ3n) is 2.26. The molecular formula is C12H11N3O3. The molecule has 2 rings (SSSR count). The number of para-hydroxylation sites is 1. The number of aromatic nitrogens is 2. The Morgan fingerprint density at radius 2 is 2.22 bits per heavy atom. The summed E-state index contributed by atoms with van der Waals surface area (Å²) < 4.78 is 5.41. The summed E-state index contributed by atoms with van der Waals surface area (Å²) in [7, 11) is 0. The van der Waals surface area contributed by atoms with Crippen LogP contribution in [0.25, 0.3) is 0 Å². The van der Waals surface area contributed by atoms with Crippen molar-refractivity contribution in [3.63, 3.8) is 0 Å². The number of aromatic carboxylic acids is 1. The molecule has 0 radical (unpaired) electrons. The fraction of sp³-hybridized carbons (Fsp3) is 0.0833. The summed E-state index contributed by atoms with van der Waals surface area (Å²) >= 11 is 0. The normalized spacial score (nSPS) is 10.0. The van der Waals surface area contributed by atoms with E-state index in [0.717, 1.165) is 0 Å². The second-order valence-electron chi connectivity index (χ2n) is 3.51. The Labute approximate surface area is 103 Å². The van der Waals surface area contributed by atoms with Crippen molar-refractivity contribution in [2.45, 2.75) is 6.61 Å². The molecule has 18 heavy (non-hydrogen) atoms. The van der Waals surface area contributed by atoms with Crippen molar-refractivity contribution in [2.75, 3.05) is 5.73 Å². The molecule has 1 heterocycles. The SMILES string of the molecule is Nc1cccc(C(=O)O)c1OCc1cnccn1. The summed E-state index contributed by atoms with van der Waals surface area (Å²) in [5.74, 6) is -0.938. The Morgan fingerprint density at radius 1 is 1.39 bits per heavy atom. The second kappa shape index (κ2) is 5.13. The maximum Gasteiger partial charge on any atom is 0.339 e. The molecule has 0 aliphatic rings. The van der Waals surface area contributed by atoms with Gasteiger partial charge in [-0.3, -0.25) is 9.97 Å². The number of nitrogens with two attached hydrogens (primary N) is 1. The Kier molecular flexibility index (Phi) is 3.38. The van der Waals surface area contributed by atoms with E-state index < -0.39 is 5.97 Å². The van der Waals surface area contributed by atoms with Crippen molar-refractivity contribution in [3.8, 4) is 5.75 Å². The molecule has 0 aliphatic carbocycles. The molecule has 1 aromatic carbocycles. The standard InChI is InChI=1S/C12H11N3O3/c13-10-3-1-2-9(12(16)17)11(10)18-7-8-6-14-4-5-15-8/h1-6H,7,13H2,(H,16,17).